The van der Waals surface area contributed by atoms with Crippen molar-refractivity contribution in [2.75, 3.05) is 16.5 Å². The van der Waals surface area contributed by atoms with Crippen LogP contribution in [0.25, 0.3) is 0 Å². The summed E-state index contributed by atoms with van der Waals surface area (Å²) in [5.74, 6) is 0.396. The molecule has 0 atom stereocenters. The van der Waals surface area contributed by atoms with Gasteiger partial charge in [-0.05, 0) is 35.9 Å². The van der Waals surface area contributed by atoms with Gasteiger partial charge in [-0.3, -0.25) is 20.6 Å². The Morgan fingerprint density at radius 3 is 2.62 bits per heavy atom. The van der Waals surface area contributed by atoms with Gasteiger partial charge < -0.3 is 11.1 Å². The number of amides is 1. The molecule has 0 spiro atoms. The molecule has 132 valence electrons. The number of nitrogen functional groups attached to an aromatic ring is 1. The smallest absolute Gasteiger partial charge is 0.269 e. The largest absolute Gasteiger partial charge is 0.393 e. The molecule has 2 aromatic heterocycles. The van der Waals surface area contributed by atoms with Crippen LogP contribution in [0, 0.1) is 0 Å². The van der Waals surface area contributed by atoms with Crippen molar-refractivity contribution < 1.29 is 4.79 Å². The molecule has 0 saturated heterocycles. The molecule has 26 heavy (non-hydrogen) atoms. The van der Waals surface area contributed by atoms with Crippen LogP contribution in [0.4, 0.5) is 17.3 Å². The topological polar surface area (TPSA) is 118 Å². The number of hydrogen-bond donors (Lipinski definition) is 4. The highest BCUT2D eigenvalue weighted by atomic mass is 35.5. The Morgan fingerprint density at radius 2 is 1.88 bits per heavy atom. The summed E-state index contributed by atoms with van der Waals surface area (Å²) in [4.78, 5) is 24.3. The second-order valence-electron chi connectivity index (χ2n) is 5.29. The van der Waals surface area contributed by atoms with E-state index in [9.17, 15) is 4.79 Å². The Kier molecular flexibility index (Phi) is 5.45. The van der Waals surface area contributed by atoms with E-state index >= 15 is 0 Å². The van der Waals surface area contributed by atoms with Gasteiger partial charge in [0.25, 0.3) is 5.91 Å². The molecule has 0 radical (unpaired) electrons. The first-order chi connectivity index (χ1) is 12.6. The Bertz CT molecular complexity index is 887. The average Bonchev–Trinajstić information content (AvgIpc) is 2.67. The number of rotatable bonds is 6. The monoisotopic (exact) mass is 369 g/mol. The molecule has 0 aliphatic carbocycles. The van der Waals surface area contributed by atoms with E-state index in [1.54, 1.807) is 36.7 Å². The molecular weight excluding hydrogens is 354 g/mol. The number of nitrogens with one attached hydrogen (secondary N) is 3. The predicted octanol–water partition coefficient (Wildman–Crippen LogP) is 2.48. The van der Waals surface area contributed by atoms with E-state index in [0.29, 0.717) is 22.9 Å². The van der Waals surface area contributed by atoms with Crippen molar-refractivity contribution in [3.63, 3.8) is 0 Å². The SMILES string of the molecule is Nc1c(NCc2cccnc2)ncnc1NNC(=O)c1ccc(Cl)cc1. The van der Waals surface area contributed by atoms with Crippen molar-refractivity contribution in [2.24, 2.45) is 0 Å². The second-order valence-corrected chi connectivity index (χ2v) is 5.72. The predicted molar refractivity (Wildman–Crippen MR) is 101 cm³/mol. The number of pyridine rings is 1. The standard InChI is InChI=1S/C17H16ClN7O/c18-13-5-3-12(4-6-13)17(26)25-24-16-14(19)15(22-10-23-16)21-9-11-2-1-7-20-8-11/h1-8,10H,9,19H2,(H,25,26)(H2,21,22,23,24). The number of carbonyl (C=O) groups is 1. The zero-order valence-electron chi connectivity index (χ0n) is 13.6. The number of hydrazine groups is 1. The molecule has 9 heteroatoms. The van der Waals surface area contributed by atoms with E-state index < -0.39 is 0 Å². The minimum atomic E-state index is -0.343. The first-order valence-electron chi connectivity index (χ1n) is 7.68. The van der Waals surface area contributed by atoms with Gasteiger partial charge in [0, 0.05) is 29.5 Å². The number of nitrogens with zero attached hydrogens (tertiary/aromatic N) is 3. The number of anilines is 3. The van der Waals surface area contributed by atoms with Crippen molar-refractivity contribution in [3.05, 3.63) is 71.3 Å². The summed E-state index contributed by atoms with van der Waals surface area (Å²) < 4.78 is 0. The molecule has 0 fully saturated rings. The third-order valence-corrected chi connectivity index (χ3v) is 3.72. The van der Waals surface area contributed by atoms with Crippen LogP contribution in [0.15, 0.2) is 55.1 Å². The van der Waals surface area contributed by atoms with Crippen molar-refractivity contribution in [1.82, 2.24) is 20.4 Å². The number of benzene rings is 1. The zero-order chi connectivity index (χ0) is 18.4. The van der Waals surface area contributed by atoms with Gasteiger partial charge in [-0.1, -0.05) is 17.7 Å². The van der Waals surface area contributed by atoms with Crippen LogP contribution >= 0.6 is 11.6 Å². The van der Waals surface area contributed by atoms with Crippen LogP contribution in [0.5, 0.6) is 0 Å². The maximum Gasteiger partial charge on any atom is 0.269 e. The summed E-state index contributed by atoms with van der Waals surface area (Å²) in [5.41, 5.74) is 13.0. The normalized spacial score (nSPS) is 10.2. The summed E-state index contributed by atoms with van der Waals surface area (Å²) in [6, 6.07) is 10.3. The first-order valence-corrected chi connectivity index (χ1v) is 8.06. The fraction of sp³-hybridized carbons (Fsp3) is 0.0588. The summed E-state index contributed by atoms with van der Waals surface area (Å²) in [7, 11) is 0. The fourth-order valence-electron chi connectivity index (χ4n) is 2.11. The average molecular weight is 370 g/mol. The molecular formula is C17H16ClN7O. The minimum absolute atomic E-state index is 0.285. The Balaban J connectivity index is 1.63. The van der Waals surface area contributed by atoms with Crippen molar-refractivity contribution in [2.45, 2.75) is 6.54 Å². The highest BCUT2D eigenvalue weighted by molar-refractivity contribution is 6.30. The minimum Gasteiger partial charge on any atom is -0.393 e. The van der Waals surface area contributed by atoms with Crippen LogP contribution in [0.3, 0.4) is 0 Å². The second kappa shape index (κ2) is 8.13. The summed E-state index contributed by atoms with van der Waals surface area (Å²) >= 11 is 5.81. The van der Waals surface area contributed by atoms with Crippen LogP contribution < -0.4 is 21.9 Å². The van der Waals surface area contributed by atoms with E-state index in [2.05, 4.69) is 31.1 Å². The van der Waals surface area contributed by atoms with Gasteiger partial charge in [0.2, 0.25) is 0 Å². The summed E-state index contributed by atoms with van der Waals surface area (Å²) in [6.45, 7) is 0.506. The van der Waals surface area contributed by atoms with E-state index in [4.69, 9.17) is 17.3 Å². The van der Waals surface area contributed by atoms with Gasteiger partial charge >= 0.3 is 0 Å². The maximum atomic E-state index is 12.1. The van der Waals surface area contributed by atoms with Crippen molar-refractivity contribution >= 4 is 34.8 Å². The Labute approximate surface area is 154 Å². The molecule has 1 amide bonds. The molecule has 3 aromatic rings. The molecule has 2 heterocycles. The summed E-state index contributed by atoms with van der Waals surface area (Å²) in [6.07, 6.45) is 4.79. The van der Waals surface area contributed by atoms with E-state index in [-0.39, 0.29) is 17.4 Å². The van der Waals surface area contributed by atoms with Gasteiger partial charge in [0.1, 0.15) is 12.0 Å². The quantitative estimate of drug-likeness (QED) is 0.493. The van der Waals surface area contributed by atoms with Gasteiger partial charge in [-0.25, -0.2) is 9.97 Å². The van der Waals surface area contributed by atoms with Crippen LogP contribution in [-0.4, -0.2) is 20.9 Å². The highest BCUT2D eigenvalue weighted by Gasteiger charge is 2.10. The molecule has 3 rings (SSSR count). The summed E-state index contributed by atoms with van der Waals surface area (Å²) in [5, 5.41) is 3.67. The Hall–Kier alpha value is -3.39. The van der Waals surface area contributed by atoms with Crippen molar-refractivity contribution in [3.8, 4) is 0 Å². The molecule has 1 aromatic carbocycles. The zero-order valence-corrected chi connectivity index (χ0v) is 14.4. The maximum absolute atomic E-state index is 12.1. The number of nitrogens with two attached hydrogens (primary N) is 1. The van der Waals surface area contributed by atoms with E-state index in [1.165, 1.54) is 6.33 Å². The van der Waals surface area contributed by atoms with Gasteiger partial charge in [0.05, 0.1) is 0 Å². The van der Waals surface area contributed by atoms with Crippen molar-refractivity contribution in [1.29, 1.82) is 0 Å². The lowest BCUT2D eigenvalue weighted by Gasteiger charge is -2.13. The lowest BCUT2D eigenvalue weighted by atomic mass is 10.2. The molecule has 0 aliphatic rings. The lowest BCUT2D eigenvalue weighted by Crippen LogP contribution is -2.30. The third kappa shape index (κ3) is 4.37. The third-order valence-electron chi connectivity index (χ3n) is 3.47. The van der Waals surface area contributed by atoms with Crippen LogP contribution in [-0.2, 0) is 6.54 Å². The molecule has 0 bridgehead atoms. The molecule has 0 aliphatic heterocycles. The Morgan fingerprint density at radius 1 is 1.12 bits per heavy atom. The molecule has 0 unspecified atom stereocenters. The number of halogens is 1. The fourth-order valence-corrected chi connectivity index (χ4v) is 2.24. The molecule has 0 saturated carbocycles. The van der Waals surface area contributed by atoms with Crippen LogP contribution in [0.2, 0.25) is 5.02 Å². The van der Waals surface area contributed by atoms with Gasteiger partial charge in [-0.15, -0.1) is 0 Å². The molecule has 8 nitrogen and oxygen atoms in total. The lowest BCUT2D eigenvalue weighted by molar-refractivity contribution is 0.0962. The first kappa shape index (κ1) is 17.4. The molecule has 5 N–H and O–H groups in total. The van der Waals surface area contributed by atoms with Crippen LogP contribution in [0.1, 0.15) is 15.9 Å². The van der Waals surface area contributed by atoms with Gasteiger partial charge in [0.15, 0.2) is 11.6 Å². The van der Waals surface area contributed by atoms with E-state index in [1.807, 2.05) is 12.1 Å². The number of hydrogen-bond acceptors (Lipinski definition) is 7. The number of aromatic nitrogens is 3. The highest BCUT2D eigenvalue weighted by Crippen LogP contribution is 2.22. The number of carbonyl (C=O) groups excluding carboxylic acids is 1. The van der Waals surface area contributed by atoms with E-state index in [0.717, 1.165) is 5.56 Å². The van der Waals surface area contributed by atoms with Gasteiger partial charge in [-0.2, -0.15) is 0 Å².